The topological polar surface area (TPSA) is 17.8 Å². The number of imidazole rings is 1. The molecule has 2 heteroatoms. The lowest BCUT2D eigenvalue weighted by Gasteiger charge is -2.18. The number of fused-ring (bicyclic) bond motifs is 3. The minimum Gasteiger partial charge on any atom is -0.292 e. The van der Waals surface area contributed by atoms with Gasteiger partial charge in [0.25, 0.3) is 0 Å². The van der Waals surface area contributed by atoms with Crippen molar-refractivity contribution in [1.29, 1.82) is 0 Å². The molecule has 0 aliphatic rings. The zero-order valence-corrected chi connectivity index (χ0v) is 21.6. The van der Waals surface area contributed by atoms with E-state index >= 15 is 0 Å². The normalized spacial score (nSPS) is 14.8. The molecule has 7 aromatic carbocycles. The van der Waals surface area contributed by atoms with Crippen molar-refractivity contribution < 1.29 is 13.7 Å². The number of hydrogen-bond acceptors (Lipinski definition) is 1. The van der Waals surface area contributed by atoms with E-state index in [1.165, 1.54) is 0 Å². The summed E-state index contributed by atoms with van der Waals surface area (Å²) in [6.07, 6.45) is 0. The second kappa shape index (κ2) is 9.62. The third-order valence-corrected chi connectivity index (χ3v) is 7.38. The summed E-state index contributed by atoms with van der Waals surface area (Å²) in [5.41, 5.74) is 4.30. The number of nitrogens with zero attached hydrogens (tertiary/aromatic N) is 2. The molecule has 8 aromatic rings. The van der Waals surface area contributed by atoms with Gasteiger partial charge in [0.2, 0.25) is 0 Å². The summed E-state index contributed by atoms with van der Waals surface area (Å²) >= 11 is 0. The molecule has 0 aliphatic heterocycles. The Hall–Kier alpha value is -5.47. The van der Waals surface area contributed by atoms with Gasteiger partial charge in [-0.25, -0.2) is 4.98 Å². The molecule has 0 fully saturated rings. The first-order chi connectivity index (χ1) is 24.5. The van der Waals surface area contributed by atoms with Gasteiger partial charge in [-0.2, -0.15) is 0 Å². The minimum absolute atomic E-state index is 0.00834. The van der Waals surface area contributed by atoms with E-state index in [0.717, 1.165) is 32.7 Å². The lowest BCUT2D eigenvalue weighted by Crippen LogP contribution is -1.97. The van der Waals surface area contributed by atoms with Crippen LogP contribution in [0.5, 0.6) is 0 Å². The Morgan fingerprint density at radius 3 is 1.56 bits per heavy atom. The predicted molar refractivity (Wildman–Crippen MR) is 172 cm³/mol. The Balaban J connectivity index is 1.37. The average Bonchev–Trinajstić information content (AvgIpc) is 3.54. The van der Waals surface area contributed by atoms with Gasteiger partial charge in [0.15, 0.2) is 0 Å². The molecule has 0 amide bonds. The van der Waals surface area contributed by atoms with Gasteiger partial charge in [-0.05, 0) is 68.0 Å². The van der Waals surface area contributed by atoms with E-state index in [4.69, 9.17) is 18.7 Å². The summed E-state index contributed by atoms with van der Waals surface area (Å²) < 4.78 is 86.2. The zero-order valence-electron chi connectivity index (χ0n) is 31.6. The van der Waals surface area contributed by atoms with Crippen molar-refractivity contribution in [2.45, 2.75) is 0 Å². The van der Waals surface area contributed by atoms with Crippen molar-refractivity contribution in [2.24, 2.45) is 0 Å². The lowest BCUT2D eigenvalue weighted by molar-refractivity contribution is 1.10. The Morgan fingerprint density at radius 2 is 0.951 bits per heavy atom. The molecule has 0 N–H and O–H groups in total. The fraction of sp³-hybridized carbons (Fsp3) is 0. The van der Waals surface area contributed by atoms with Crippen molar-refractivity contribution >= 4 is 32.6 Å². The fourth-order valence-corrected chi connectivity index (χ4v) is 5.67. The van der Waals surface area contributed by atoms with Gasteiger partial charge >= 0.3 is 0 Å². The lowest BCUT2D eigenvalue weighted by atomic mass is 9.86. The van der Waals surface area contributed by atoms with Crippen LogP contribution in [0.2, 0.25) is 0 Å². The summed E-state index contributed by atoms with van der Waals surface area (Å²) in [6.45, 7) is 0. The molecular weight excluding hydrogens is 496 g/mol. The molecule has 1 aromatic heterocycles. The quantitative estimate of drug-likeness (QED) is 0.206. The molecule has 0 unspecified atom stereocenters. The first kappa shape index (κ1) is 15.4. The highest BCUT2D eigenvalue weighted by Crippen LogP contribution is 2.43. The smallest absolute Gasteiger partial charge is 0.145 e. The number of benzene rings is 7. The Bertz CT molecular complexity index is 2640. The first-order valence-corrected chi connectivity index (χ1v) is 13.2. The molecule has 0 radical (unpaired) electrons. The van der Waals surface area contributed by atoms with Crippen molar-refractivity contribution in [3.8, 4) is 39.3 Å². The van der Waals surface area contributed by atoms with Crippen LogP contribution in [-0.2, 0) is 0 Å². The van der Waals surface area contributed by atoms with E-state index in [2.05, 4.69) is 0 Å². The molecule has 41 heavy (non-hydrogen) atoms. The summed E-state index contributed by atoms with van der Waals surface area (Å²) in [4.78, 5) is 4.86. The monoisotopic (exact) mass is 532 g/mol. The van der Waals surface area contributed by atoms with Crippen LogP contribution in [0, 0.1) is 0 Å². The van der Waals surface area contributed by atoms with Crippen LogP contribution in [0.25, 0.3) is 71.9 Å². The highest BCUT2D eigenvalue weighted by Gasteiger charge is 2.18. The van der Waals surface area contributed by atoms with Gasteiger partial charge in [-0.1, -0.05) is 133 Å². The average molecular weight is 533 g/mol. The maximum Gasteiger partial charge on any atom is 0.145 e. The van der Waals surface area contributed by atoms with Crippen LogP contribution >= 0.6 is 0 Å². The fourth-order valence-electron chi connectivity index (χ4n) is 5.67. The molecule has 192 valence electrons. The molecular formula is C39H26N2. The van der Waals surface area contributed by atoms with E-state index in [-0.39, 0.29) is 35.4 Å². The Labute approximate surface area is 252 Å². The largest absolute Gasteiger partial charge is 0.292 e. The van der Waals surface area contributed by atoms with Crippen molar-refractivity contribution in [3.63, 3.8) is 0 Å². The SMILES string of the molecule is [2H]c1c([2H])c([2H])c(-c2c3ccccc3c(-c3ccc(-c4nc5ccccc5n4-c4c([2H])c([2H])c([2H])c([2H])c4[2H])cc3)c3ccccc23)c([2H])c1[2H]. The molecule has 0 atom stereocenters. The van der Waals surface area contributed by atoms with Gasteiger partial charge in [0.1, 0.15) is 5.82 Å². The number of aromatic nitrogens is 2. The van der Waals surface area contributed by atoms with Crippen LogP contribution in [0.4, 0.5) is 0 Å². The van der Waals surface area contributed by atoms with E-state index < -0.39 is 36.3 Å². The Kier molecular flexibility index (Phi) is 3.60. The summed E-state index contributed by atoms with van der Waals surface area (Å²) in [5, 5.41) is 3.13. The van der Waals surface area contributed by atoms with Crippen LogP contribution in [0.3, 0.4) is 0 Å². The summed E-state index contributed by atoms with van der Waals surface area (Å²) in [6, 6.07) is 26.4. The van der Waals surface area contributed by atoms with Gasteiger partial charge < -0.3 is 0 Å². The molecule has 2 nitrogen and oxygen atoms in total. The molecule has 1 heterocycles. The number of hydrogen-bond donors (Lipinski definition) is 0. The summed E-state index contributed by atoms with van der Waals surface area (Å²) in [7, 11) is 0. The van der Waals surface area contributed by atoms with Gasteiger partial charge in [0.05, 0.1) is 24.7 Å². The van der Waals surface area contributed by atoms with Crippen LogP contribution < -0.4 is 0 Å². The van der Waals surface area contributed by atoms with Crippen LogP contribution in [0.15, 0.2) is 157 Å². The highest BCUT2D eigenvalue weighted by atomic mass is 15.1. The minimum atomic E-state index is -0.471. The maximum atomic E-state index is 8.79. The number of rotatable bonds is 4. The van der Waals surface area contributed by atoms with Gasteiger partial charge in [-0.3, -0.25) is 4.57 Å². The maximum absolute atomic E-state index is 8.79. The third kappa shape index (κ3) is 3.84. The van der Waals surface area contributed by atoms with Gasteiger partial charge in [-0.15, -0.1) is 0 Å². The predicted octanol–water partition coefficient (Wildman–Crippen LogP) is 10.3. The van der Waals surface area contributed by atoms with Crippen LogP contribution in [-0.4, -0.2) is 9.55 Å². The summed E-state index contributed by atoms with van der Waals surface area (Å²) in [5.74, 6) is 0.410. The van der Waals surface area contributed by atoms with E-state index in [0.29, 0.717) is 28.0 Å². The van der Waals surface area contributed by atoms with Crippen molar-refractivity contribution in [2.75, 3.05) is 0 Å². The number of para-hydroxylation sites is 3. The molecule has 0 aliphatic carbocycles. The molecule has 0 saturated heterocycles. The Morgan fingerprint density at radius 1 is 0.463 bits per heavy atom. The van der Waals surface area contributed by atoms with Crippen molar-refractivity contribution in [3.05, 3.63) is 157 Å². The second-order valence-electron chi connectivity index (χ2n) is 9.65. The zero-order chi connectivity index (χ0) is 35.9. The molecule has 0 saturated carbocycles. The van der Waals surface area contributed by atoms with E-state index in [9.17, 15) is 0 Å². The van der Waals surface area contributed by atoms with Crippen molar-refractivity contribution in [1.82, 2.24) is 9.55 Å². The van der Waals surface area contributed by atoms with Crippen LogP contribution in [0.1, 0.15) is 13.7 Å². The highest BCUT2D eigenvalue weighted by molar-refractivity contribution is 6.21. The van der Waals surface area contributed by atoms with E-state index in [1.54, 1.807) is 10.6 Å². The third-order valence-electron chi connectivity index (χ3n) is 7.38. The first-order valence-electron chi connectivity index (χ1n) is 18.2. The van der Waals surface area contributed by atoms with Gasteiger partial charge in [0, 0.05) is 11.3 Å². The second-order valence-corrected chi connectivity index (χ2v) is 9.65. The molecule has 0 spiro atoms. The van der Waals surface area contributed by atoms with E-state index in [1.807, 2.05) is 91.0 Å². The molecule has 0 bridgehead atoms. The molecule has 8 rings (SSSR count). The standard InChI is InChI=1S/C39H26N2/c1-3-13-27(14-4-1)37-31-17-7-9-19-33(31)38(34-20-10-8-18-32(34)37)28-23-25-29(26-24-28)39-40-35-21-11-12-22-36(35)41(39)30-15-5-2-6-16-30/h1-26H/i1D,2D,3D,4D,5D,6D,13D,14D,15D,16D.